The minimum absolute atomic E-state index is 0.00197. The highest BCUT2D eigenvalue weighted by Crippen LogP contribution is 2.43. The zero-order chi connectivity index (χ0) is 56.1. The van der Waals surface area contributed by atoms with Crippen molar-refractivity contribution in [3.05, 3.63) is 36.4 Å². The van der Waals surface area contributed by atoms with E-state index in [-0.39, 0.29) is 101 Å². The van der Waals surface area contributed by atoms with Crippen molar-refractivity contribution in [3.8, 4) is 22.1 Å². The number of hydrogen-bond acceptors (Lipinski definition) is 15. The molecule has 0 amide bonds. The normalized spacial score (nSPS) is 29.1. The SMILES string of the molecule is CCCCC1CCC(C(=O)OC2CCC(C(=O)OC3CCC(C(=O)Oc4ccc(OC(=O)C5CCC(OC(=O)C6CCC(OC(=O)C7CCC(CCCC)CC7)CC6)CC5)c5sc(-c6ccc(N(C)C)cc6)nc45)CC3)CC2)CC1. The van der Waals surface area contributed by atoms with E-state index in [1.54, 1.807) is 12.1 Å². The number of rotatable bonds is 20. The Kier molecular flexibility index (Phi) is 21.4. The fourth-order valence-corrected chi connectivity index (χ4v) is 14.6. The number of nitrogens with zero attached hydrogens (tertiary/aromatic N) is 2. The largest absolute Gasteiger partial charge is 0.462 e. The maximum absolute atomic E-state index is 13.9. The number of anilines is 1. The number of aromatic nitrogens is 1. The summed E-state index contributed by atoms with van der Waals surface area (Å²) < 4.78 is 36.9. The van der Waals surface area contributed by atoms with Gasteiger partial charge >= 0.3 is 35.8 Å². The third kappa shape index (κ3) is 15.9. The van der Waals surface area contributed by atoms with Crippen molar-refractivity contribution in [2.75, 3.05) is 19.0 Å². The molecule has 1 aromatic heterocycles. The summed E-state index contributed by atoms with van der Waals surface area (Å²) >= 11 is 1.37. The lowest BCUT2D eigenvalue weighted by molar-refractivity contribution is -0.164. The molecule has 6 fully saturated rings. The smallest absolute Gasteiger partial charge is 0.314 e. The highest BCUT2D eigenvalue weighted by Gasteiger charge is 2.38. The van der Waals surface area contributed by atoms with Crippen LogP contribution in [0.5, 0.6) is 11.5 Å². The molecule has 1 heterocycles. The van der Waals surface area contributed by atoms with E-state index in [0.717, 1.165) is 74.5 Å². The van der Waals surface area contributed by atoms with E-state index < -0.39 is 0 Å². The molecule has 0 aliphatic heterocycles. The van der Waals surface area contributed by atoms with Gasteiger partial charge in [0.1, 0.15) is 39.6 Å². The number of esters is 6. The van der Waals surface area contributed by atoms with Crippen molar-refractivity contribution >= 4 is 63.1 Å². The molecule has 438 valence electrons. The van der Waals surface area contributed by atoms with Crippen LogP contribution in [-0.2, 0) is 47.7 Å². The lowest BCUT2D eigenvalue weighted by Crippen LogP contribution is -2.34. The third-order valence-electron chi connectivity index (χ3n) is 19.0. The molecular weight excluding hydrogens is 1030 g/mol. The van der Waals surface area contributed by atoms with E-state index in [4.69, 9.17) is 33.4 Å². The maximum Gasteiger partial charge on any atom is 0.314 e. The zero-order valence-corrected chi connectivity index (χ0v) is 49.1. The van der Waals surface area contributed by atoms with Crippen molar-refractivity contribution in [1.82, 2.24) is 4.98 Å². The molecular formula is C65H90N2O12S. The van der Waals surface area contributed by atoms with Crippen LogP contribution < -0.4 is 14.4 Å². The molecule has 15 heteroatoms. The first-order chi connectivity index (χ1) is 38.8. The second-order valence-corrected chi connectivity index (χ2v) is 25.9. The van der Waals surface area contributed by atoms with Gasteiger partial charge in [0.05, 0.1) is 35.5 Å². The quantitative estimate of drug-likeness (QED) is 0.0594. The molecule has 9 rings (SSSR count). The highest BCUT2D eigenvalue weighted by molar-refractivity contribution is 7.22. The minimum Gasteiger partial charge on any atom is -0.462 e. The Bertz CT molecular complexity index is 2380. The summed E-state index contributed by atoms with van der Waals surface area (Å²) in [6.45, 7) is 4.45. The summed E-state index contributed by atoms with van der Waals surface area (Å²) in [6.07, 6.45) is 24.3. The van der Waals surface area contributed by atoms with Gasteiger partial charge in [0.2, 0.25) is 0 Å². The van der Waals surface area contributed by atoms with Gasteiger partial charge in [-0.15, -0.1) is 11.3 Å². The number of carbonyl (C=O) groups is 6. The second kappa shape index (κ2) is 28.8. The predicted molar refractivity (Wildman–Crippen MR) is 308 cm³/mol. The number of benzene rings is 2. The first-order valence-corrected chi connectivity index (χ1v) is 32.1. The van der Waals surface area contributed by atoms with Crippen molar-refractivity contribution in [2.45, 2.75) is 231 Å². The standard InChI is InChI=1S/C65H90N2O12S/c1-5-7-9-41-11-15-44(16-12-41)60(68)74-51-31-21-46(22-32-51)62(70)76-53-35-25-48(26-36-53)64(72)78-55-39-40-56(58-57(55)66-59(80-58)43-19-29-50(30-20-43)67(3)4)79-65(73)49-27-37-54(38-28-49)77-63(71)47-23-33-52(34-24-47)75-61(69)45-17-13-42(14-18-45)10-8-6-2/h19-20,29-30,39-42,44-49,51-54H,5-18,21-28,31-38H2,1-4H3. The van der Waals surface area contributed by atoms with Crippen LogP contribution in [0.2, 0.25) is 0 Å². The van der Waals surface area contributed by atoms with Crippen LogP contribution >= 0.6 is 11.3 Å². The van der Waals surface area contributed by atoms with E-state index in [0.29, 0.717) is 124 Å². The molecule has 0 bridgehead atoms. The first-order valence-electron chi connectivity index (χ1n) is 31.3. The number of fused-ring (bicyclic) bond motifs is 1. The topological polar surface area (TPSA) is 174 Å². The molecule has 0 saturated heterocycles. The van der Waals surface area contributed by atoms with Gasteiger partial charge in [-0.2, -0.15) is 0 Å². The van der Waals surface area contributed by atoms with Crippen LogP contribution in [0.3, 0.4) is 0 Å². The van der Waals surface area contributed by atoms with Crippen LogP contribution in [0.1, 0.15) is 206 Å². The minimum atomic E-state index is -0.388. The molecule has 0 unspecified atom stereocenters. The molecule has 0 N–H and O–H groups in total. The van der Waals surface area contributed by atoms with Crippen LogP contribution in [0, 0.1) is 47.3 Å². The van der Waals surface area contributed by atoms with Gasteiger partial charge in [-0.05, 0) is 202 Å². The third-order valence-corrected chi connectivity index (χ3v) is 20.1. The molecule has 0 radical (unpaired) electrons. The lowest BCUT2D eigenvalue weighted by Gasteiger charge is -2.32. The van der Waals surface area contributed by atoms with Crippen LogP contribution in [0.25, 0.3) is 20.8 Å². The molecule has 0 spiro atoms. The van der Waals surface area contributed by atoms with Gasteiger partial charge in [0.15, 0.2) is 11.5 Å². The fourth-order valence-electron chi connectivity index (χ4n) is 13.6. The van der Waals surface area contributed by atoms with Gasteiger partial charge in [-0.25, -0.2) is 4.98 Å². The molecule has 80 heavy (non-hydrogen) atoms. The van der Waals surface area contributed by atoms with E-state index in [1.165, 1.54) is 49.9 Å². The number of thiazole rings is 1. The van der Waals surface area contributed by atoms with Crippen molar-refractivity contribution in [2.24, 2.45) is 47.3 Å². The summed E-state index contributed by atoms with van der Waals surface area (Å²) in [5.41, 5.74) is 2.34. The summed E-state index contributed by atoms with van der Waals surface area (Å²) in [5.74, 6) is -0.349. The Labute approximate surface area is 478 Å². The average molecular weight is 1120 g/mol. The fraction of sp³-hybridized carbons (Fsp3) is 0.708. The Morgan fingerprint density at radius 3 is 1.11 bits per heavy atom. The van der Waals surface area contributed by atoms with Crippen molar-refractivity contribution in [1.29, 1.82) is 0 Å². The molecule has 6 aliphatic carbocycles. The Hall–Kier alpha value is -5.05. The van der Waals surface area contributed by atoms with Crippen LogP contribution in [0.4, 0.5) is 5.69 Å². The van der Waals surface area contributed by atoms with Gasteiger partial charge in [-0.1, -0.05) is 52.4 Å². The van der Waals surface area contributed by atoms with E-state index in [1.807, 2.05) is 43.3 Å². The maximum atomic E-state index is 13.9. The number of carbonyl (C=O) groups excluding carboxylic acids is 6. The van der Waals surface area contributed by atoms with Gasteiger partial charge in [-0.3, -0.25) is 28.8 Å². The summed E-state index contributed by atoms with van der Waals surface area (Å²) in [7, 11) is 3.96. The number of hydrogen-bond donors (Lipinski definition) is 0. The lowest BCUT2D eigenvalue weighted by atomic mass is 9.80. The van der Waals surface area contributed by atoms with Crippen molar-refractivity contribution < 1.29 is 57.2 Å². The summed E-state index contributed by atoms with van der Waals surface area (Å²) in [4.78, 5) is 87.5. The van der Waals surface area contributed by atoms with E-state index in [2.05, 4.69) is 13.8 Å². The Balaban J connectivity index is 0.725. The molecule has 3 aromatic rings. The van der Waals surface area contributed by atoms with Gasteiger partial charge in [0.25, 0.3) is 0 Å². The summed E-state index contributed by atoms with van der Waals surface area (Å²) in [5, 5.41) is 0.685. The second-order valence-electron chi connectivity index (χ2n) is 24.9. The molecule has 6 aliphatic rings. The van der Waals surface area contributed by atoms with Crippen LogP contribution in [0.15, 0.2) is 36.4 Å². The predicted octanol–water partition coefficient (Wildman–Crippen LogP) is 14.2. The number of unbranched alkanes of at least 4 members (excludes halogenated alkanes) is 2. The summed E-state index contributed by atoms with van der Waals surface area (Å²) in [6, 6.07) is 11.3. The molecule has 14 nitrogen and oxygen atoms in total. The Morgan fingerprint density at radius 1 is 0.438 bits per heavy atom. The zero-order valence-electron chi connectivity index (χ0n) is 48.3. The van der Waals surface area contributed by atoms with Gasteiger partial charge < -0.3 is 33.3 Å². The van der Waals surface area contributed by atoms with E-state index in [9.17, 15) is 28.8 Å². The van der Waals surface area contributed by atoms with E-state index >= 15 is 0 Å². The number of ether oxygens (including phenoxy) is 6. The van der Waals surface area contributed by atoms with Crippen LogP contribution in [-0.4, -0.2) is 79.3 Å². The van der Waals surface area contributed by atoms with Crippen molar-refractivity contribution in [3.63, 3.8) is 0 Å². The molecule has 6 saturated carbocycles. The first kappa shape index (κ1) is 59.6. The average Bonchev–Trinajstić information content (AvgIpc) is 4.00. The monoisotopic (exact) mass is 1120 g/mol. The molecule has 0 atom stereocenters. The Morgan fingerprint density at radius 2 is 0.762 bits per heavy atom. The molecule has 2 aromatic carbocycles. The van der Waals surface area contributed by atoms with Gasteiger partial charge in [0, 0.05) is 25.3 Å². The highest BCUT2D eigenvalue weighted by atomic mass is 32.1.